The fraction of sp³-hybridized carbons (Fsp3) is 0.400. The number of aromatic nitrogens is 1. The molecular formula is C20H25N3O3. The number of nitrogens with zero attached hydrogens (tertiary/aromatic N) is 3. The van der Waals surface area contributed by atoms with Crippen molar-refractivity contribution in [1.29, 1.82) is 0 Å². The molecule has 1 fully saturated rings. The zero-order chi connectivity index (χ0) is 18.4. The number of carbonyl (C=O) groups is 1. The Morgan fingerprint density at radius 1 is 1.27 bits per heavy atom. The van der Waals surface area contributed by atoms with Crippen LogP contribution in [-0.4, -0.2) is 64.7 Å². The molecule has 138 valence electrons. The van der Waals surface area contributed by atoms with Gasteiger partial charge >= 0.3 is 0 Å². The topological polar surface area (TPSA) is 65.9 Å². The maximum Gasteiger partial charge on any atom is 0.236 e. The molecule has 0 radical (unpaired) electrons. The van der Waals surface area contributed by atoms with Crippen molar-refractivity contribution in [2.24, 2.45) is 0 Å². The van der Waals surface area contributed by atoms with Gasteiger partial charge in [0, 0.05) is 25.5 Å². The largest absolute Gasteiger partial charge is 0.491 e. The Labute approximate surface area is 154 Å². The molecule has 0 bridgehead atoms. The number of aliphatic hydroxyl groups is 1. The summed E-state index contributed by atoms with van der Waals surface area (Å²) < 4.78 is 5.68. The van der Waals surface area contributed by atoms with Gasteiger partial charge in [0.2, 0.25) is 5.91 Å². The maximum absolute atomic E-state index is 12.5. The molecule has 1 atom stereocenters. The van der Waals surface area contributed by atoms with Crippen LogP contribution in [0.3, 0.4) is 0 Å². The molecule has 1 aromatic carbocycles. The third-order valence-electron chi connectivity index (χ3n) is 4.54. The molecule has 26 heavy (non-hydrogen) atoms. The van der Waals surface area contributed by atoms with E-state index in [9.17, 15) is 9.90 Å². The van der Waals surface area contributed by atoms with Crippen LogP contribution >= 0.6 is 0 Å². The number of rotatable bonds is 7. The number of likely N-dealkylation sites (N-methyl/N-ethyl adjacent to an activating group) is 1. The Bertz CT molecular complexity index is 711. The van der Waals surface area contributed by atoms with E-state index in [4.69, 9.17) is 4.74 Å². The number of benzene rings is 1. The van der Waals surface area contributed by atoms with Gasteiger partial charge in [-0.1, -0.05) is 18.2 Å². The molecule has 6 heteroatoms. The van der Waals surface area contributed by atoms with Crippen molar-refractivity contribution in [1.82, 2.24) is 14.8 Å². The zero-order valence-electron chi connectivity index (χ0n) is 15.0. The smallest absolute Gasteiger partial charge is 0.236 e. The van der Waals surface area contributed by atoms with Crippen LogP contribution in [0.5, 0.6) is 5.75 Å². The molecule has 0 aliphatic carbocycles. The lowest BCUT2D eigenvalue weighted by atomic mass is 10.1. The standard InChI is InChI=1S/C20H25N3O3/c1-22(13-17-7-10-21-11-8-17)14-19(24)23-12-9-20(25,15-23)16-26-18-5-3-2-4-6-18/h2-8,10-11,25H,9,12-16H2,1H3/t20-/m0/s1. The lowest BCUT2D eigenvalue weighted by Gasteiger charge is -2.25. The zero-order valence-corrected chi connectivity index (χ0v) is 15.0. The molecule has 1 amide bonds. The van der Waals surface area contributed by atoms with Crippen molar-refractivity contribution in [3.05, 3.63) is 60.4 Å². The van der Waals surface area contributed by atoms with Crippen molar-refractivity contribution in [3.63, 3.8) is 0 Å². The predicted octanol–water partition coefficient (Wildman–Crippen LogP) is 1.56. The first-order valence-electron chi connectivity index (χ1n) is 8.80. The molecule has 1 aromatic heterocycles. The van der Waals surface area contributed by atoms with Gasteiger partial charge in [-0.3, -0.25) is 14.7 Å². The highest BCUT2D eigenvalue weighted by atomic mass is 16.5. The molecule has 3 rings (SSSR count). The molecule has 0 spiro atoms. The molecule has 1 N–H and O–H groups in total. The second-order valence-electron chi connectivity index (χ2n) is 6.92. The van der Waals surface area contributed by atoms with Crippen molar-refractivity contribution >= 4 is 5.91 Å². The molecule has 0 saturated carbocycles. The minimum absolute atomic E-state index is 0.0252. The number of likely N-dealkylation sites (tertiary alicyclic amines) is 1. The van der Waals surface area contributed by atoms with E-state index in [1.165, 1.54) is 0 Å². The van der Waals surface area contributed by atoms with Crippen LogP contribution in [0.25, 0.3) is 0 Å². The van der Waals surface area contributed by atoms with Gasteiger partial charge in [-0.15, -0.1) is 0 Å². The van der Waals surface area contributed by atoms with Crippen LogP contribution in [0.15, 0.2) is 54.9 Å². The summed E-state index contributed by atoms with van der Waals surface area (Å²) in [6, 6.07) is 13.3. The van der Waals surface area contributed by atoms with Crippen molar-refractivity contribution in [2.45, 2.75) is 18.6 Å². The lowest BCUT2D eigenvalue weighted by molar-refractivity contribution is -0.132. The summed E-state index contributed by atoms with van der Waals surface area (Å²) in [4.78, 5) is 20.2. The van der Waals surface area contributed by atoms with E-state index in [0.717, 1.165) is 11.3 Å². The second kappa shape index (κ2) is 8.29. The SMILES string of the molecule is CN(CC(=O)N1CC[C@@](O)(COc2ccccc2)C1)Cc1ccncc1. The van der Waals surface area contributed by atoms with Gasteiger partial charge in [0.1, 0.15) is 18.0 Å². The first kappa shape index (κ1) is 18.4. The van der Waals surface area contributed by atoms with Gasteiger partial charge in [0.25, 0.3) is 0 Å². The van der Waals surface area contributed by atoms with Gasteiger partial charge in [-0.05, 0) is 43.3 Å². The van der Waals surface area contributed by atoms with Crippen LogP contribution in [0.4, 0.5) is 0 Å². The molecule has 0 unspecified atom stereocenters. The van der Waals surface area contributed by atoms with E-state index in [2.05, 4.69) is 4.98 Å². The number of pyridine rings is 1. The third kappa shape index (κ3) is 5.03. The van der Waals surface area contributed by atoms with Gasteiger partial charge in [0.15, 0.2) is 0 Å². The summed E-state index contributed by atoms with van der Waals surface area (Å²) in [6.45, 7) is 2.05. The van der Waals surface area contributed by atoms with Crippen LogP contribution in [0.1, 0.15) is 12.0 Å². The van der Waals surface area contributed by atoms with E-state index < -0.39 is 5.60 Å². The Balaban J connectivity index is 1.47. The Kier molecular flexibility index (Phi) is 5.85. The quantitative estimate of drug-likeness (QED) is 0.816. The predicted molar refractivity (Wildman–Crippen MR) is 98.7 cm³/mol. The Morgan fingerprint density at radius 3 is 2.73 bits per heavy atom. The third-order valence-corrected chi connectivity index (χ3v) is 4.54. The van der Waals surface area contributed by atoms with Crippen molar-refractivity contribution in [2.75, 3.05) is 33.3 Å². The van der Waals surface area contributed by atoms with Crippen LogP contribution in [0, 0.1) is 0 Å². The highest BCUT2D eigenvalue weighted by Crippen LogP contribution is 2.23. The molecule has 1 saturated heterocycles. The molecule has 2 heterocycles. The molecular weight excluding hydrogens is 330 g/mol. The van der Waals surface area contributed by atoms with Crippen molar-refractivity contribution < 1.29 is 14.6 Å². The van der Waals surface area contributed by atoms with Crippen LogP contribution < -0.4 is 4.74 Å². The maximum atomic E-state index is 12.5. The minimum atomic E-state index is -0.991. The molecule has 2 aromatic rings. The molecule has 6 nitrogen and oxygen atoms in total. The summed E-state index contributed by atoms with van der Waals surface area (Å²) in [5.41, 5.74) is 0.124. The lowest BCUT2D eigenvalue weighted by Crippen LogP contribution is -2.43. The molecule has 1 aliphatic rings. The Morgan fingerprint density at radius 2 is 2.00 bits per heavy atom. The molecule has 1 aliphatic heterocycles. The number of hydrogen-bond acceptors (Lipinski definition) is 5. The van der Waals surface area contributed by atoms with Crippen LogP contribution in [0.2, 0.25) is 0 Å². The second-order valence-corrected chi connectivity index (χ2v) is 6.92. The number of amides is 1. The van der Waals surface area contributed by atoms with Gasteiger partial charge < -0.3 is 14.7 Å². The number of carbonyl (C=O) groups excluding carboxylic acids is 1. The fourth-order valence-corrected chi connectivity index (χ4v) is 3.11. The summed E-state index contributed by atoms with van der Waals surface area (Å²) in [5.74, 6) is 0.750. The van der Waals surface area contributed by atoms with Gasteiger partial charge in [-0.2, -0.15) is 0 Å². The van der Waals surface area contributed by atoms with E-state index >= 15 is 0 Å². The average molecular weight is 355 g/mol. The monoisotopic (exact) mass is 355 g/mol. The van der Waals surface area contributed by atoms with Crippen LogP contribution in [-0.2, 0) is 11.3 Å². The summed E-state index contributed by atoms with van der Waals surface area (Å²) in [7, 11) is 1.92. The highest BCUT2D eigenvalue weighted by molar-refractivity contribution is 5.78. The normalized spacial score (nSPS) is 19.7. The van der Waals surface area contributed by atoms with E-state index in [0.29, 0.717) is 32.6 Å². The summed E-state index contributed by atoms with van der Waals surface area (Å²) >= 11 is 0. The van der Waals surface area contributed by atoms with Gasteiger partial charge in [-0.25, -0.2) is 0 Å². The Hall–Kier alpha value is -2.44. The van der Waals surface area contributed by atoms with Crippen molar-refractivity contribution in [3.8, 4) is 5.75 Å². The van der Waals surface area contributed by atoms with Gasteiger partial charge in [0.05, 0.1) is 13.1 Å². The van der Waals surface area contributed by atoms with E-state index in [1.807, 2.05) is 54.4 Å². The summed E-state index contributed by atoms with van der Waals surface area (Å²) in [5, 5.41) is 10.7. The summed E-state index contributed by atoms with van der Waals surface area (Å²) in [6.07, 6.45) is 4.02. The first-order valence-corrected chi connectivity index (χ1v) is 8.80. The highest BCUT2D eigenvalue weighted by Gasteiger charge is 2.39. The van der Waals surface area contributed by atoms with E-state index in [1.54, 1.807) is 17.3 Å². The average Bonchev–Trinajstić information content (AvgIpc) is 3.05. The number of para-hydroxylation sites is 1. The number of hydrogen-bond donors (Lipinski definition) is 1. The van der Waals surface area contributed by atoms with E-state index in [-0.39, 0.29) is 12.5 Å². The fourth-order valence-electron chi connectivity index (χ4n) is 3.11. The number of β-amino-alcohol motifs (C(OH)–C–C–N with tert-alkyl or cyclic N) is 1. The minimum Gasteiger partial charge on any atom is -0.491 e. The number of ether oxygens (including phenoxy) is 1. The first-order chi connectivity index (χ1) is 12.5.